The molecule has 0 bridgehead atoms. The Labute approximate surface area is 145 Å². The van der Waals surface area contributed by atoms with E-state index in [9.17, 15) is 9.59 Å². The van der Waals surface area contributed by atoms with Crippen LogP contribution in [0.25, 0.3) is 6.08 Å². The standard InChI is InChI=1S/C19H18N2O2S/c1-2-21(13-15-6-4-3-5-7-15)16-10-8-14(9-11-16)12-17-18(22)20-19(23)24-17/h3-12H,2,13H2,1H3,(H,20,22,23)/b17-12-. The molecule has 0 aromatic heterocycles. The molecule has 1 heterocycles. The normalized spacial score (nSPS) is 15.6. The van der Waals surface area contributed by atoms with Gasteiger partial charge in [0.1, 0.15) is 0 Å². The summed E-state index contributed by atoms with van der Waals surface area (Å²) in [5.41, 5.74) is 3.30. The first-order valence-corrected chi connectivity index (χ1v) is 8.61. The van der Waals surface area contributed by atoms with Gasteiger partial charge < -0.3 is 4.90 Å². The van der Waals surface area contributed by atoms with Crippen molar-refractivity contribution in [3.63, 3.8) is 0 Å². The van der Waals surface area contributed by atoms with E-state index in [1.54, 1.807) is 6.08 Å². The third-order valence-corrected chi connectivity index (χ3v) is 4.61. The minimum absolute atomic E-state index is 0.317. The van der Waals surface area contributed by atoms with Gasteiger partial charge in [0.25, 0.3) is 11.1 Å². The number of amides is 2. The molecule has 0 radical (unpaired) electrons. The number of carbonyl (C=O) groups excluding carboxylic acids is 2. The van der Waals surface area contributed by atoms with Crippen LogP contribution < -0.4 is 10.2 Å². The van der Waals surface area contributed by atoms with E-state index in [4.69, 9.17) is 0 Å². The van der Waals surface area contributed by atoms with Crippen molar-refractivity contribution in [2.24, 2.45) is 0 Å². The molecule has 2 amide bonds. The van der Waals surface area contributed by atoms with Gasteiger partial charge in [0.05, 0.1) is 4.91 Å². The second-order valence-corrected chi connectivity index (χ2v) is 6.46. The van der Waals surface area contributed by atoms with Crippen LogP contribution in [-0.2, 0) is 11.3 Å². The molecule has 4 nitrogen and oxygen atoms in total. The lowest BCUT2D eigenvalue weighted by molar-refractivity contribution is -0.115. The lowest BCUT2D eigenvalue weighted by atomic mass is 10.1. The molecule has 5 heteroatoms. The summed E-state index contributed by atoms with van der Waals surface area (Å²) in [5.74, 6) is -0.326. The number of hydrogen-bond donors (Lipinski definition) is 1. The highest BCUT2D eigenvalue weighted by atomic mass is 32.2. The van der Waals surface area contributed by atoms with Gasteiger partial charge in [0.15, 0.2) is 0 Å². The summed E-state index contributed by atoms with van der Waals surface area (Å²) in [6, 6.07) is 18.4. The predicted octanol–water partition coefficient (Wildman–Crippen LogP) is 4.04. The molecule has 0 unspecified atom stereocenters. The second-order valence-electron chi connectivity index (χ2n) is 5.44. The molecule has 2 aromatic rings. The van der Waals surface area contributed by atoms with E-state index < -0.39 is 0 Å². The quantitative estimate of drug-likeness (QED) is 0.836. The van der Waals surface area contributed by atoms with Crippen molar-refractivity contribution < 1.29 is 9.59 Å². The van der Waals surface area contributed by atoms with Crippen molar-refractivity contribution in [2.75, 3.05) is 11.4 Å². The first-order chi connectivity index (χ1) is 11.7. The first-order valence-electron chi connectivity index (χ1n) is 7.79. The predicted molar refractivity (Wildman–Crippen MR) is 98.7 cm³/mol. The van der Waals surface area contributed by atoms with E-state index in [-0.39, 0.29) is 11.1 Å². The van der Waals surface area contributed by atoms with Crippen LogP contribution >= 0.6 is 11.8 Å². The maximum atomic E-state index is 11.6. The number of nitrogens with one attached hydrogen (secondary N) is 1. The number of hydrogen-bond acceptors (Lipinski definition) is 4. The zero-order valence-corrected chi connectivity index (χ0v) is 14.2. The highest BCUT2D eigenvalue weighted by molar-refractivity contribution is 8.18. The van der Waals surface area contributed by atoms with E-state index in [2.05, 4.69) is 29.3 Å². The van der Waals surface area contributed by atoms with Gasteiger partial charge in [0, 0.05) is 18.8 Å². The average molecular weight is 338 g/mol. The minimum Gasteiger partial charge on any atom is -0.367 e. The number of nitrogens with zero attached hydrogens (tertiary/aromatic N) is 1. The highest BCUT2D eigenvalue weighted by Gasteiger charge is 2.24. The Morgan fingerprint density at radius 2 is 1.75 bits per heavy atom. The molecule has 24 heavy (non-hydrogen) atoms. The van der Waals surface area contributed by atoms with Gasteiger partial charge in [-0.3, -0.25) is 14.9 Å². The Balaban J connectivity index is 1.74. The first kappa shape index (κ1) is 16.3. The number of carbonyl (C=O) groups is 2. The van der Waals surface area contributed by atoms with E-state index >= 15 is 0 Å². The third-order valence-electron chi connectivity index (χ3n) is 3.80. The number of imide groups is 1. The number of anilines is 1. The second kappa shape index (κ2) is 7.36. The van der Waals surface area contributed by atoms with Crippen LogP contribution in [0.3, 0.4) is 0 Å². The van der Waals surface area contributed by atoms with Crippen molar-refractivity contribution in [1.82, 2.24) is 5.32 Å². The fourth-order valence-electron chi connectivity index (χ4n) is 2.54. The van der Waals surface area contributed by atoms with Crippen molar-refractivity contribution in [3.8, 4) is 0 Å². The average Bonchev–Trinajstić information content (AvgIpc) is 2.92. The summed E-state index contributed by atoms with van der Waals surface area (Å²) in [7, 11) is 0. The van der Waals surface area contributed by atoms with Crippen LogP contribution in [0.15, 0.2) is 59.5 Å². The van der Waals surface area contributed by atoms with Crippen molar-refractivity contribution in [1.29, 1.82) is 0 Å². The maximum Gasteiger partial charge on any atom is 0.290 e. The molecular formula is C19H18N2O2S. The van der Waals surface area contributed by atoms with Gasteiger partial charge in [-0.15, -0.1) is 0 Å². The largest absolute Gasteiger partial charge is 0.367 e. The molecule has 0 atom stereocenters. The van der Waals surface area contributed by atoms with E-state index in [0.29, 0.717) is 4.91 Å². The summed E-state index contributed by atoms with van der Waals surface area (Å²) in [4.78, 5) is 25.5. The Kier molecular flexibility index (Phi) is 5.01. The van der Waals surface area contributed by atoms with Crippen molar-refractivity contribution >= 4 is 34.7 Å². The molecule has 0 aliphatic carbocycles. The lowest BCUT2D eigenvalue weighted by Crippen LogP contribution is -2.21. The smallest absolute Gasteiger partial charge is 0.290 e. The molecule has 122 valence electrons. The van der Waals surface area contributed by atoms with Crippen LogP contribution in [0.1, 0.15) is 18.1 Å². The van der Waals surface area contributed by atoms with Crippen LogP contribution in [-0.4, -0.2) is 17.7 Å². The number of thioether (sulfide) groups is 1. The molecule has 3 rings (SSSR count). The fraction of sp³-hybridized carbons (Fsp3) is 0.158. The molecule has 1 saturated heterocycles. The lowest BCUT2D eigenvalue weighted by Gasteiger charge is -2.23. The summed E-state index contributed by atoms with van der Waals surface area (Å²) >= 11 is 0.936. The van der Waals surface area contributed by atoms with Gasteiger partial charge in [-0.25, -0.2) is 0 Å². The van der Waals surface area contributed by atoms with E-state index in [1.807, 2.05) is 42.5 Å². The van der Waals surface area contributed by atoms with Crippen LogP contribution in [0.5, 0.6) is 0 Å². The van der Waals surface area contributed by atoms with Crippen LogP contribution in [0.4, 0.5) is 10.5 Å². The molecule has 2 aromatic carbocycles. The molecule has 1 fully saturated rings. The number of rotatable bonds is 5. The minimum atomic E-state index is -0.326. The molecular weight excluding hydrogens is 320 g/mol. The maximum absolute atomic E-state index is 11.6. The van der Waals surface area contributed by atoms with E-state index in [0.717, 1.165) is 36.1 Å². The van der Waals surface area contributed by atoms with Crippen LogP contribution in [0, 0.1) is 0 Å². The summed E-state index contributed by atoms with van der Waals surface area (Å²) in [6.45, 7) is 3.89. The van der Waals surface area contributed by atoms with Gasteiger partial charge in [0.2, 0.25) is 0 Å². The van der Waals surface area contributed by atoms with Crippen LogP contribution in [0.2, 0.25) is 0 Å². The summed E-state index contributed by atoms with van der Waals surface area (Å²) in [6.07, 6.45) is 1.74. The molecule has 0 saturated carbocycles. The van der Waals surface area contributed by atoms with Gasteiger partial charge in [-0.2, -0.15) is 0 Å². The summed E-state index contributed by atoms with van der Waals surface area (Å²) < 4.78 is 0. The monoisotopic (exact) mass is 338 g/mol. The topological polar surface area (TPSA) is 49.4 Å². The Morgan fingerprint density at radius 3 is 2.33 bits per heavy atom. The van der Waals surface area contributed by atoms with E-state index in [1.165, 1.54) is 5.56 Å². The highest BCUT2D eigenvalue weighted by Crippen LogP contribution is 2.26. The zero-order chi connectivity index (χ0) is 16.9. The van der Waals surface area contributed by atoms with Crippen molar-refractivity contribution in [2.45, 2.75) is 13.5 Å². The third kappa shape index (κ3) is 3.86. The zero-order valence-electron chi connectivity index (χ0n) is 13.4. The SMILES string of the molecule is CCN(Cc1ccccc1)c1ccc(/C=C2\SC(=O)NC2=O)cc1. The Bertz CT molecular complexity index is 770. The Hall–Kier alpha value is -2.53. The molecule has 0 spiro atoms. The van der Waals surface area contributed by atoms with Gasteiger partial charge in [-0.05, 0) is 48.0 Å². The molecule has 1 aliphatic rings. The van der Waals surface area contributed by atoms with Crippen molar-refractivity contribution in [3.05, 3.63) is 70.6 Å². The fourth-order valence-corrected chi connectivity index (χ4v) is 3.23. The van der Waals surface area contributed by atoms with Gasteiger partial charge in [-0.1, -0.05) is 42.5 Å². The molecule has 1 N–H and O–H groups in total. The molecule has 1 aliphatic heterocycles. The Morgan fingerprint density at radius 1 is 1.04 bits per heavy atom. The number of benzene rings is 2. The van der Waals surface area contributed by atoms with Gasteiger partial charge >= 0.3 is 0 Å². The summed E-state index contributed by atoms with van der Waals surface area (Å²) in [5, 5.41) is 1.94.